The van der Waals surface area contributed by atoms with Crippen molar-refractivity contribution in [2.75, 3.05) is 13.1 Å². The van der Waals surface area contributed by atoms with Crippen LogP contribution in [0.1, 0.15) is 39.0 Å². The molecule has 2 rings (SSSR count). The molecule has 1 N–H and O–H groups in total. The summed E-state index contributed by atoms with van der Waals surface area (Å²) < 4.78 is 34.0. The third kappa shape index (κ3) is 5.43. The zero-order chi connectivity index (χ0) is 12.2. The minimum absolute atomic E-state index is 1.01. The maximum absolute atomic E-state index is 8.49. The highest BCUT2D eigenvalue weighted by Crippen LogP contribution is 2.18. The first-order valence-corrected chi connectivity index (χ1v) is 7.07. The average Bonchev–Trinajstić information content (AvgIpc) is 2.16. The van der Waals surface area contributed by atoms with E-state index in [4.69, 9.17) is 18.6 Å². The lowest BCUT2D eigenvalue weighted by atomic mass is 9.85. The SMILES string of the molecule is CC1CCC[NH+]2CCCCC12.[O-][Cl+3]([O-])([O-])[O-]. The molecule has 3 unspecified atom stereocenters. The molecule has 6 heteroatoms. The predicted octanol–water partition coefficient (Wildman–Crippen LogP) is -3.90. The summed E-state index contributed by atoms with van der Waals surface area (Å²) in [4.78, 5) is 1.93. The number of halogens is 1. The quantitative estimate of drug-likeness (QED) is 0.477. The van der Waals surface area contributed by atoms with Gasteiger partial charge in [-0.15, -0.1) is 10.2 Å². The fourth-order valence-corrected chi connectivity index (χ4v) is 2.96. The van der Waals surface area contributed by atoms with Gasteiger partial charge in [0.2, 0.25) is 0 Å². The molecule has 0 aromatic carbocycles. The normalized spacial score (nSPS) is 34.7. The van der Waals surface area contributed by atoms with Gasteiger partial charge in [-0.25, -0.2) is 18.6 Å². The number of fused-ring (bicyclic) bond motifs is 1. The Morgan fingerprint density at radius 1 is 0.938 bits per heavy atom. The zero-order valence-corrected chi connectivity index (χ0v) is 10.4. The number of hydrogen-bond donors (Lipinski definition) is 1. The molecule has 0 aromatic heterocycles. The standard InChI is InChI=1S/C10H19N.ClHO4/c1-9-5-4-8-11-7-3-2-6-10(9)11;2-1(3,4)5/h9-10H,2-8H2,1H3;(H,2,3,4,5). The monoisotopic (exact) mass is 253 g/mol. The molecule has 2 aliphatic rings. The Hall–Kier alpha value is 0.0900. The highest BCUT2D eigenvalue weighted by atomic mass is 35.7. The van der Waals surface area contributed by atoms with Gasteiger partial charge in [0.25, 0.3) is 0 Å². The van der Waals surface area contributed by atoms with Crippen LogP contribution in [0.4, 0.5) is 0 Å². The fraction of sp³-hybridized carbons (Fsp3) is 1.00. The Morgan fingerprint density at radius 2 is 1.50 bits per heavy atom. The van der Waals surface area contributed by atoms with E-state index in [2.05, 4.69) is 6.92 Å². The number of hydrogen-bond acceptors (Lipinski definition) is 4. The van der Waals surface area contributed by atoms with Crippen LogP contribution in [0.2, 0.25) is 0 Å². The summed E-state index contributed by atoms with van der Waals surface area (Å²) in [6.07, 6.45) is 7.47. The van der Waals surface area contributed by atoms with Crippen LogP contribution in [0.15, 0.2) is 0 Å². The highest BCUT2D eigenvalue weighted by molar-refractivity contribution is 4.71. The molecule has 16 heavy (non-hydrogen) atoms. The van der Waals surface area contributed by atoms with Gasteiger partial charge in [0.05, 0.1) is 19.1 Å². The third-order valence-corrected chi connectivity index (χ3v) is 3.63. The van der Waals surface area contributed by atoms with Gasteiger partial charge in [-0.05, 0) is 32.1 Å². The molecule has 2 aliphatic heterocycles. The largest absolute Gasteiger partial charge is 0.332 e. The van der Waals surface area contributed by atoms with Gasteiger partial charge in [0.15, 0.2) is 0 Å². The van der Waals surface area contributed by atoms with Crippen molar-refractivity contribution in [3.63, 3.8) is 0 Å². The van der Waals surface area contributed by atoms with E-state index in [0.29, 0.717) is 0 Å². The molecular weight excluding hydrogens is 234 g/mol. The lowest BCUT2D eigenvalue weighted by Gasteiger charge is -2.39. The molecule has 0 aromatic rings. The maximum atomic E-state index is 8.49. The maximum Gasteiger partial charge on any atom is 0.0900 e. The second kappa shape index (κ2) is 6.14. The molecule has 0 bridgehead atoms. The zero-order valence-electron chi connectivity index (χ0n) is 9.62. The Labute approximate surface area is 98.4 Å². The minimum atomic E-state index is -4.94. The number of piperidine rings is 2. The van der Waals surface area contributed by atoms with Crippen molar-refractivity contribution in [1.29, 1.82) is 0 Å². The van der Waals surface area contributed by atoms with Crippen molar-refractivity contribution in [3.8, 4) is 0 Å². The molecule has 2 fully saturated rings. The summed E-state index contributed by atoms with van der Waals surface area (Å²) >= 11 is 0. The molecule has 2 heterocycles. The lowest BCUT2D eigenvalue weighted by molar-refractivity contribution is -2.00. The lowest BCUT2D eigenvalue weighted by Crippen LogP contribution is -3.18. The number of quaternary nitrogens is 1. The van der Waals surface area contributed by atoms with Crippen molar-refractivity contribution in [2.24, 2.45) is 5.92 Å². The van der Waals surface area contributed by atoms with Crippen molar-refractivity contribution >= 4 is 0 Å². The van der Waals surface area contributed by atoms with Gasteiger partial charge >= 0.3 is 0 Å². The number of nitrogens with one attached hydrogen (secondary N) is 1. The van der Waals surface area contributed by atoms with Crippen LogP contribution < -0.4 is 23.5 Å². The van der Waals surface area contributed by atoms with Gasteiger partial charge in [-0.2, -0.15) is 0 Å². The van der Waals surface area contributed by atoms with E-state index in [9.17, 15) is 0 Å². The second-order valence-electron chi connectivity index (χ2n) is 4.76. The topological polar surface area (TPSA) is 96.7 Å². The molecule has 5 nitrogen and oxygen atoms in total. The van der Waals surface area contributed by atoms with Crippen LogP contribution in [0.25, 0.3) is 0 Å². The van der Waals surface area contributed by atoms with Crippen LogP contribution >= 0.6 is 0 Å². The first-order chi connectivity index (χ1) is 7.38. The van der Waals surface area contributed by atoms with E-state index in [-0.39, 0.29) is 0 Å². The van der Waals surface area contributed by atoms with Crippen molar-refractivity contribution in [2.45, 2.75) is 45.1 Å². The van der Waals surface area contributed by atoms with Crippen molar-refractivity contribution in [1.82, 2.24) is 0 Å². The summed E-state index contributed by atoms with van der Waals surface area (Å²) in [6, 6.07) is 1.04. The van der Waals surface area contributed by atoms with Crippen LogP contribution in [-0.2, 0) is 0 Å². The predicted molar refractivity (Wildman–Crippen MR) is 46.7 cm³/mol. The molecule has 0 amide bonds. The third-order valence-electron chi connectivity index (χ3n) is 3.63. The van der Waals surface area contributed by atoms with Crippen LogP contribution in [0.3, 0.4) is 0 Å². The molecule has 3 atom stereocenters. The van der Waals surface area contributed by atoms with Crippen LogP contribution in [-0.4, -0.2) is 19.1 Å². The Balaban J connectivity index is 0.000000221. The Kier molecular flexibility index (Phi) is 5.43. The van der Waals surface area contributed by atoms with E-state index in [1.807, 2.05) is 4.90 Å². The molecule has 0 saturated carbocycles. The highest BCUT2D eigenvalue weighted by Gasteiger charge is 2.33. The van der Waals surface area contributed by atoms with E-state index < -0.39 is 10.2 Å². The van der Waals surface area contributed by atoms with Crippen molar-refractivity contribution in [3.05, 3.63) is 0 Å². The van der Waals surface area contributed by atoms with E-state index >= 15 is 0 Å². The molecule has 0 radical (unpaired) electrons. The Bertz CT molecular complexity index is 201. The number of rotatable bonds is 0. The van der Waals surface area contributed by atoms with Gasteiger partial charge in [0.1, 0.15) is 0 Å². The summed E-state index contributed by atoms with van der Waals surface area (Å²) in [6.45, 7) is 5.39. The van der Waals surface area contributed by atoms with Gasteiger partial charge < -0.3 is 4.90 Å². The fourth-order valence-electron chi connectivity index (χ4n) is 2.96. The molecule has 2 saturated heterocycles. The first-order valence-electron chi connectivity index (χ1n) is 5.84. The molecule has 0 spiro atoms. The van der Waals surface area contributed by atoms with Gasteiger partial charge in [0, 0.05) is 5.92 Å². The summed E-state index contributed by atoms with van der Waals surface area (Å²) in [5.74, 6) is 1.01. The summed E-state index contributed by atoms with van der Waals surface area (Å²) in [5.41, 5.74) is 0. The minimum Gasteiger partial charge on any atom is -0.332 e. The Morgan fingerprint density at radius 3 is 2.06 bits per heavy atom. The van der Waals surface area contributed by atoms with Crippen LogP contribution in [0, 0.1) is 16.2 Å². The summed E-state index contributed by atoms with van der Waals surface area (Å²) in [5, 5.41) is 0. The average molecular weight is 254 g/mol. The molecule has 0 aliphatic carbocycles. The van der Waals surface area contributed by atoms with E-state index in [1.54, 1.807) is 0 Å². The van der Waals surface area contributed by atoms with Gasteiger partial charge in [-0.1, -0.05) is 6.92 Å². The second-order valence-corrected chi connectivity index (χ2v) is 5.51. The summed E-state index contributed by atoms with van der Waals surface area (Å²) in [7, 11) is -4.94. The first kappa shape index (κ1) is 14.2. The van der Waals surface area contributed by atoms with Crippen LogP contribution in [0.5, 0.6) is 0 Å². The molecular formula is C10H20ClNO4. The van der Waals surface area contributed by atoms with Gasteiger partial charge in [-0.3, -0.25) is 0 Å². The van der Waals surface area contributed by atoms with E-state index in [0.717, 1.165) is 12.0 Å². The van der Waals surface area contributed by atoms with Crippen molar-refractivity contribution < 1.29 is 33.8 Å². The van der Waals surface area contributed by atoms with E-state index in [1.165, 1.54) is 45.2 Å². The smallest absolute Gasteiger partial charge is 0.0900 e. The molecule has 96 valence electrons.